The van der Waals surface area contributed by atoms with Gasteiger partial charge in [0.2, 0.25) is 0 Å². The third-order valence-electron chi connectivity index (χ3n) is 3.27. The van der Waals surface area contributed by atoms with Gasteiger partial charge in [-0.2, -0.15) is 0 Å². The molecule has 0 aliphatic heterocycles. The monoisotopic (exact) mass is 285 g/mol. The summed E-state index contributed by atoms with van der Waals surface area (Å²) in [5.74, 6) is 0.296. The van der Waals surface area contributed by atoms with Crippen LogP contribution in [0.25, 0.3) is 0 Å². The number of aliphatic hydroxyl groups is 1. The van der Waals surface area contributed by atoms with Crippen molar-refractivity contribution >= 4 is 30.1 Å². The highest BCUT2D eigenvalue weighted by atomic mass is 35.5. The Morgan fingerprint density at radius 1 is 1.56 bits per heavy atom. The van der Waals surface area contributed by atoms with Crippen LogP contribution in [0, 0.1) is 5.92 Å². The van der Waals surface area contributed by atoms with Crippen LogP contribution in [0.4, 0.5) is 0 Å². The number of halogens is 1. The maximum absolute atomic E-state index is 12.2. The van der Waals surface area contributed by atoms with Crippen LogP contribution in [0.3, 0.4) is 0 Å². The molecule has 0 saturated heterocycles. The van der Waals surface area contributed by atoms with E-state index in [1.165, 1.54) is 0 Å². The highest BCUT2D eigenvalue weighted by Crippen LogP contribution is 2.28. The van der Waals surface area contributed by atoms with Crippen molar-refractivity contribution in [3.8, 4) is 0 Å². The van der Waals surface area contributed by atoms with Gasteiger partial charge in [0.15, 0.2) is 0 Å². The fourth-order valence-corrected chi connectivity index (χ4v) is 2.60. The summed E-state index contributed by atoms with van der Waals surface area (Å²) < 4.78 is 0. The summed E-state index contributed by atoms with van der Waals surface area (Å²) in [6.07, 6.45) is 1.36. The quantitative estimate of drug-likeness (QED) is 0.838. The molecule has 0 spiro atoms. The molecule has 0 radical (unpaired) electrons. The summed E-state index contributed by atoms with van der Waals surface area (Å²) in [7, 11) is 1.76. The van der Waals surface area contributed by atoms with Gasteiger partial charge in [-0.3, -0.25) is 4.79 Å². The summed E-state index contributed by atoms with van der Waals surface area (Å²) in [4.78, 5) is 14.6. The molecular weight excluding hydrogens is 270 g/mol. The summed E-state index contributed by atoms with van der Waals surface area (Å²) in [5, 5.41) is 9.68. The van der Waals surface area contributed by atoms with Gasteiger partial charge in [0.1, 0.15) is 0 Å². The Hall–Kier alpha value is -0.710. The minimum atomic E-state index is -0.192. The molecule has 5 heteroatoms. The van der Waals surface area contributed by atoms with Crippen LogP contribution in [0.2, 0.25) is 5.02 Å². The van der Waals surface area contributed by atoms with Crippen LogP contribution >= 0.6 is 24.2 Å². The second-order valence-corrected chi connectivity index (χ2v) is 5.76. The van der Waals surface area contributed by atoms with Crippen LogP contribution in [-0.4, -0.2) is 35.6 Å². The van der Waals surface area contributed by atoms with Crippen LogP contribution in [0.15, 0.2) is 23.1 Å². The number of hydrogen-bond acceptors (Lipinski definition) is 3. The molecule has 1 aromatic rings. The molecule has 0 heterocycles. The molecule has 2 rings (SSSR count). The molecule has 1 amide bonds. The highest BCUT2D eigenvalue weighted by molar-refractivity contribution is 7.80. The zero-order valence-electron chi connectivity index (χ0n) is 10.1. The van der Waals surface area contributed by atoms with E-state index in [1.807, 2.05) is 0 Å². The molecule has 0 bridgehead atoms. The maximum Gasteiger partial charge on any atom is 0.255 e. The predicted octanol–water partition coefficient (Wildman–Crippen LogP) is 2.47. The van der Waals surface area contributed by atoms with Crippen LogP contribution in [-0.2, 0) is 0 Å². The number of nitrogens with zero attached hydrogens (tertiary/aromatic N) is 1. The SMILES string of the molecule is CN(CC1CC(O)C1)C(=O)c1cc(S)ccc1Cl. The van der Waals surface area contributed by atoms with E-state index in [0.29, 0.717) is 23.0 Å². The van der Waals surface area contributed by atoms with E-state index in [4.69, 9.17) is 11.6 Å². The molecule has 98 valence electrons. The van der Waals surface area contributed by atoms with E-state index >= 15 is 0 Å². The van der Waals surface area contributed by atoms with E-state index in [9.17, 15) is 9.90 Å². The van der Waals surface area contributed by atoms with Gasteiger partial charge in [0, 0.05) is 18.5 Å². The van der Waals surface area contributed by atoms with Crippen molar-refractivity contribution in [2.75, 3.05) is 13.6 Å². The van der Waals surface area contributed by atoms with Crippen LogP contribution in [0.1, 0.15) is 23.2 Å². The van der Waals surface area contributed by atoms with Crippen molar-refractivity contribution < 1.29 is 9.90 Å². The number of carbonyl (C=O) groups excluding carboxylic acids is 1. The zero-order chi connectivity index (χ0) is 13.3. The van der Waals surface area contributed by atoms with Gasteiger partial charge in [-0.15, -0.1) is 12.6 Å². The van der Waals surface area contributed by atoms with E-state index in [2.05, 4.69) is 12.6 Å². The number of aliphatic hydroxyl groups excluding tert-OH is 1. The van der Waals surface area contributed by atoms with Gasteiger partial charge in [0.25, 0.3) is 5.91 Å². The Bertz CT molecular complexity index is 460. The van der Waals surface area contributed by atoms with Crippen molar-refractivity contribution in [3.05, 3.63) is 28.8 Å². The first-order valence-electron chi connectivity index (χ1n) is 5.89. The molecule has 0 aromatic heterocycles. The lowest BCUT2D eigenvalue weighted by Crippen LogP contribution is -2.39. The van der Waals surface area contributed by atoms with Crippen LogP contribution in [0.5, 0.6) is 0 Å². The molecule has 0 unspecified atom stereocenters. The average molecular weight is 286 g/mol. The fraction of sp³-hybridized carbons (Fsp3) is 0.462. The number of benzene rings is 1. The predicted molar refractivity (Wildman–Crippen MR) is 74.4 cm³/mol. The average Bonchev–Trinajstić information content (AvgIpc) is 2.29. The second kappa shape index (κ2) is 5.51. The summed E-state index contributed by atoms with van der Waals surface area (Å²) in [6, 6.07) is 5.11. The molecule has 1 aliphatic rings. The minimum absolute atomic E-state index is 0.0997. The maximum atomic E-state index is 12.2. The number of hydrogen-bond donors (Lipinski definition) is 2. The minimum Gasteiger partial charge on any atom is -0.393 e. The summed E-state index contributed by atoms with van der Waals surface area (Å²) >= 11 is 10.2. The molecule has 1 fully saturated rings. The lowest BCUT2D eigenvalue weighted by atomic mass is 9.82. The van der Waals surface area contributed by atoms with Gasteiger partial charge >= 0.3 is 0 Å². The Balaban J connectivity index is 2.03. The van der Waals surface area contributed by atoms with E-state index in [1.54, 1.807) is 30.1 Å². The lowest BCUT2D eigenvalue weighted by Gasteiger charge is -2.34. The Morgan fingerprint density at radius 3 is 2.83 bits per heavy atom. The number of rotatable bonds is 3. The van der Waals surface area contributed by atoms with Crippen LogP contribution < -0.4 is 0 Å². The molecule has 18 heavy (non-hydrogen) atoms. The van der Waals surface area contributed by atoms with E-state index < -0.39 is 0 Å². The van der Waals surface area contributed by atoms with Gasteiger partial charge in [-0.1, -0.05) is 11.6 Å². The van der Waals surface area contributed by atoms with Gasteiger partial charge < -0.3 is 10.0 Å². The van der Waals surface area contributed by atoms with Crippen molar-refractivity contribution in [3.63, 3.8) is 0 Å². The first kappa shape index (κ1) is 13.7. The van der Waals surface area contributed by atoms with Crippen molar-refractivity contribution in [2.24, 2.45) is 5.92 Å². The molecule has 1 N–H and O–H groups in total. The first-order chi connectivity index (χ1) is 8.47. The second-order valence-electron chi connectivity index (χ2n) is 4.84. The molecule has 3 nitrogen and oxygen atoms in total. The third-order valence-corrected chi connectivity index (χ3v) is 3.88. The number of carbonyl (C=O) groups is 1. The number of amides is 1. The normalized spacial score (nSPS) is 22.4. The summed E-state index contributed by atoms with van der Waals surface area (Å²) in [5.41, 5.74) is 0.478. The number of thiol groups is 1. The van der Waals surface area contributed by atoms with E-state index in [-0.39, 0.29) is 12.0 Å². The zero-order valence-corrected chi connectivity index (χ0v) is 11.8. The van der Waals surface area contributed by atoms with E-state index in [0.717, 1.165) is 17.7 Å². The molecule has 0 atom stereocenters. The first-order valence-corrected chi connectivity index (χ1v) is 6.72. The molecule has 1 aromatic carbocycles. The van der Waals surface area contributed by atoms with Crippen molar-refractivity contribution in [1.82, 2.24) is 4.90 Å². The highest BCUT2D eigenvalue weighted by Gasteiger charge is 2.29. The molecule has 1 aliphatic carbocycles. The Morgan fingerprint density at radius 2 is 2.22 bits per heavy atom. The smallest absolute Gasteiger partial charge is 0.255 e. The Kier molecular flexibility index (Phi) is 4.20. The summed E-state index contributed by atoms with van der Waals surface area (Å²) in [6.45, 7) is 0.656. The lowest BCUT2D eigenvalue weighted by molar-refractivity contribution is 0.0265. The Labute approximate surface area is 117 Å². The van der Waals surface area contributed by atoms with Crippen molar-refractivity contribution in [2.45, 2.75) is 23.8 Å². The fourth-order valence-electron chi connectivity index (χ4n) is 2.20. The largest absolute Gasteiger partial charge is 0.393 e. The molecular formula is C13H16ClNO2S. The van der Waals surface area contributed by atoms with Gasteiger partial charge in [-0.25, -0.2) is 0 Å². The van der Waals surface area contributed by atoms with Gasteiger partial charge in [0.05, 0.1) is 16.7 Å². The standard InChI is InChI=1S/C13H16ClNO2S/c1-15(7-8-4-9(16)5-8)13(17)11-6-10(18)2-3-12(11)14/h2-3,6,8-9,16,18H,4-5,7H2,1H3. The van der Waals surface area contributed by atoms with Gasteiger partial charge in [-0.05, 0) is 37.0 Å². The van der Waals surface area contributed by atoms with Crippen molar-refractivity contribution in [1.29, 1.82) is 0 Å². The topological polar surface area (TPSA) is 40.5 Å². The molecule has 1 saturated carbocycles. The third kappa shape index (κ3) is 2.99.